The fraction of sp³-hybridized carbons (Fsp3) is 0.857. The standard InChI is InChI=1S/C14H24N4O/c1-2-18(12-5-3-4-11(12)8-15)9-13-16-14(17-19-13)10-6-7-10/h10-12H,2-9,15H2,1H3. The van der Waals surface area contributed by atoms with E-state index in [1.807, 2.05) is 0 Å². The second-order valence-electron chi connectivity index (χ2n) is 5.88. The largest absolute Gasteiger partial charge is 0.338 e. The number of hydrogen-bond acceptors (Lipinski definition) is 5. The van der Waals surface area contributed by atoms with Crippen molar-refractivity contribution < 1.29 is 4.52 Å². The SMILES string of the molecule is CCN(Cc1nc(C2CC2)no1)C1CCCC1CN. The Morgan fingerprint density at radius 1 is 1.32 bits per heavy atom. The van der Waals surface area contributed by atoms with Gasteiger partial charge in [0.1, 0.15) is 0 Å². The van der Waals surface area contributed by atoms with Gasteiger partial charge in [-0.1, -0.05) is 18.5 Å². The lowest BCUT2D eigenvalue weighted by Crippen LogP contribution is -2.39. The molecule has 0 spiro atoms. The van der Waals surface area contributed by atoms with Gasteiger partial charge < -0.3 is 10.3 Å². The smallest absolute Gasteiger partial charge is 0.240 e. The second-order valence-corrected chi connectivity index (χ2v) is 5.88. The van der Waals surface area contributed by atoms with Crippen molar-refractivity contribution in [2.75, 3.05) is 13.1 Å². The molecule has 2 aliphatic rings. The minimum atomic E-state index is 0.566. The molecule has 2 aliphatic carbocycles. The minimum Gasteiger partial charge on any atom is -0.338 e. The molecule has 1 aromatic rings. The number of hydrogen-bond donors (Lipinski definition) is 1. The van der Waals surface area contributed by atoms with E-state index in [9.17, 15) is 0 Å². The number of rotatable bonds is 6. The Hall–Kier alpha value is -0.940. The van der Waals surface area contributed by atoms with Crippen LogP contribution in [0.25, 0.3) is 0 Å². The van der Waals surface area contributed by atoms with E-state index in [2.05, 4.69) is 22.0 Å². The zero-order valence-electron chi connectivity index (χ0n) is 11.7. The molecule has 3 rings (SSSR count). The van der Waals surface area contributed by atoms with Crippen molar-refractivity contribution in [2.24, 2.45) is 11.7 Å². The molecule has 0 saturated heterocycles. The van der Waals surface area contributed by atoms with Gasteiger partial charge in [0.15, 0.2) is 5.82 Å². The van der Waals surface area contributed by atoms with Crippen molar-refractivity contribution in [3.63, 3.8) is 0 Å². The highest BCUT2D eigenvalue weighted by molar-refractivity contribution is 5.03. The van der Waals surface area contributed by atoms with Crippen LogP contribution in [-0.2, 0) is 6.54 Å². The lowest BCUT2D eigenvalue weighted by Gasteiger charge is -2.30. The number of nitrogens with zero attached hydrogens (tertiary/aromatic N) is 3. The van der Waals surface area contributed by atoms with E-state index in [4.69, 9.17) is 10.3 Å². The summed E-state index contributed by atoms with van der Waals surface area (Å²) in [6.07, 6.45) is 6.23. The molecule has 2 fully saturated rings. The summed E-state index contributed by atoms with van der Waals surface area (Å²) in [5.41, 5.74) is 5.88. The van der Waals surface area contributed by atoms with Crippen molar-refractivity contribution in [2.45, 2.75) is 57.5 Å². The molecule has 0 aromatic carbocycles. The molecule has 19 heavy (non-hydrogen) atoms. The predicted molar refractivity (Wildman–Crippen MR) is 72.5 cm³/mol. The van der Waals surface area contributed by atoms with Crippen LogP contribution >= 0.6 is 0 Å². The monoisotopic (exact) mass is 264 g/mol. The van der Waals surface area contributed by atoms with Crippen LogP contribution in [0.3, 0.4) is 0 Å². The highest BCUT2D eigenvalue weighted by Gasteiger charge is 2.32. The van der Waals surface area contributed by atoms with Gasteiger partial charge in [-0.25, -0.2) is 0 Å². The first-order chi connectivity index (χ1) is 9.31. The first-order valence-corrected chi connectivity index (χ1v) is 7.58. The molecule has 0 aliphatic heterocycles. The third-order valence-electron chi connectivity index (χ3n) is 4.56. The molecular weight excluding hydrogens is 240 g/mol. The molecule has 2 unspecified atom stereocenters. The Bertz CT molecular complexity index is 415. The van der Waals surface area contributed by atoms with Gasteiger partial charge >= 0.3 is 0 Å². The molecule has 1 aromatic heterocycles. The van der Waals surface area contributed by atoms with E-state index < -0.39 is 0 Å². The van der Waals surface area contributed by atoms with Crippen molar-refractivity contribution in [1.29, 1.82) is 0 Å². The van der Waals surface area contributed by atoms with E-state index in [1.54, 1.807) is 0 Å². The molecule has 0 amide bonds. The topological polar surface area (TPSA) is 68.2 Å². The molecule has 0 bridgehead atoms. The highest BCUT2D eigenvalue weighted by atomic mass is 16.5. The minimum absolute atomic E-state index is 0.566. The summed E-state index contributed by atoms with van der Waals surface area (Å²) in [7, 11) is 0. The van der Waals surface area contributed by atoms with E-state index in [1.165, 1.54) is 32.1 Å². The van der Waals surface area contributed by atoms with Gasteiger partial charge in [-0.2, -0.15) is 4.98 Å². The van der Waals surface area contributed by atoms with Crippen molar-refractivity contribution >= 4 is 0 Å². The van der Waals surface area contributed by atoms with E-state index in [0.717, 1.165) is 31.3 Å². The molecule has 106 valence electrons. The Morgan fingerprint density at radius 3 is 2.84 bits per heavy atom. The van der Waals surface area contributed by atoms with Gasteiger partial charge in [0.05, 0.1) is 6.54 Å². The Kier molecular flexibility index (Phi) is 3.84. The molecular formula is C14H24N4O. The van der Waals surface area contributed by atoms with Crippen molar-refractivity contribution in [3.05, 3.63) is 11.7 Å². The molecule has 2 atom stereocenters. The van der Waals surface area contributed by atoms with Gasteiger partial charge in [-0.05, 0) is 44.7 Å². The van der Waals surface area contributed by atoms with Crippen LogP contribution in [0.2, 0.25) is 0 Å². The average molecular weight is 264 g/mol. The number of aromatic nitrogens is 2. The average Bonchev–Trinajstić information content (AvgIpc) is 3.01. The van der Waals surface area contributed by atoms with Crippen LogP contribution in [0.15, 0.2) is 4.52 Å². The van der Waals surface area contributed by atoms with Crippen LogP contribution in [0.5, 0.6) is 0 Å². The molecule has 2 saturated carbocycles. The second kappa shape index (κ2) is 5.59. The zero-order valence-corrected chi connectivity index (χ0v) is 11.7. The van der Waals surface area contributed by atoms with Gasteiger partial charge in [0.25, 0.3) is 0 Å². The molecule has 5 heteroatoms. The Labute approximate surface area is 114 Å². The normalized spacial score (nSPS) is 27.3. The summed E-state index contributed by atoms with van der Waals surface area (Å²) in [5.74, 6) is 2.88. The molecule has 1 heterocycles. The van der Waals surface area contributed by atoms with Crippen LogP contribution in [0.4, 0.5) is 0 Å². The van der Waals surface area contributed by atoms with E-state index in [0.29, 0.717) is 17.9 Å². The van der Waals surface area contributed by atoms with E-state index in [-0.39, 0.29) is 0 Å². The molecule has 0 radical (unpaired) electrons. The predicted octanol–water partition coefficient (Wildman–Crippen LogP) is 1.90. The fourth-order valence-corrected chi connectivity index (χ4v) is 3.25. The summed E-state index contributed by atoms with van der Waals surface area (Å²) < 4.78 is 5.39. The zero-order chi connectivity index (χ0) is 13.2. The molecule has 2 N–H and O–H groups in total. The van der Waals surface area contributed by atoms with Crippen LogP contribution < -0.4 is 5.73 Å². The van der Waals surface area contributed by atoms with Crippen molar-refractivity contribution in [3.8, 4) is 0 Å². The van der Waals surface area contributed by atoms with Gasteiger partial charge in [0.2, 0.25) is 5.89 Å². The number of nitrogens with two attached hydrogens (primary N) is 1. The van der Waals surface area contributed by atoms with Crippen LogP contribution in [0.1, 0.15) is 56.7 Å². The first kappa shape index (κ1) is 13.1. The highest BCUT2D eigenvalue weighted by Crippen LogP contribution is 2.38. The summed E-state index contributed by atoms with van der Waals surface area (Å²) in [6.45, 7) is 4.78. The lowest BCUT2D eigenvalue weighted by atomic mass is 10.0. The van der Waals surface area contributed by atoms with E-state index >= 15 is 0 Å². The van der Waals surface area contributed by atoms with Crippen LogP contribution in [0, 0.1) is 5.92 Å². The maximum Gasteiger partial charge on any atom is 0.240 e. The Balaban J connectivity index is 1.64. The maximum absolute atomic E-state index is 5.88. The van der Waals surface area contributed by atoms with Gasteiger partial charge in [-0.3, -0.25) is 4.90 Å². The summed E-state index contributed by atoms with van der Waals surface area (Å²) >= 11 is 0. The van der Waals surface area contributed by atoms with Crippen molar-refractivity contribution in [1.82, 2.24) is 15.0 Å². The third-order valence-corrected chi connectivity index (χ3v) is 4.56. The maximum atomic E-state index is 5.88. The lowest BCUT2D eigenvalue weighted by molar-refractivity contribution is 0.143. The molecule has 5 nitrogen and oxygen atoms in total. The summed E-state index contributed by atoms with van der Waals surface area (Å²) in [5, 5.41) is 4.09. The quantitative estimate of drug-likeness (QED) is 0.850. The van der Waals surface area contributed by atoms with Crippen LogP contribution in [-0.4, -0.2) is 34.2 Å². The fourth-order valence-electron chi connectivity index (χ4n) is 3.25. The van der Waals surface area contributed by atoms with Gasteiger partial charge in [-0.15, -0.1) is 0 Å². The summed E-state index contributed by atoms with van der Waals surface area (Å²) in [6, 6.07) is 0.589. The third kappa shape index (κ3) is 2.82. The first-order valence-electron chi connectivity index (χ1n) is 7.58. The summed E-state index contributed by atoms with van der Waals surface area (Å²) in [4.78, 5) is 6.98. The Morgan fingerprint density at radius 2 is 2.16 bits per heavy atom. The van der Waals surface area contributed by atoms with Gasteiger partial charge in [0, 0.05) is 12.0 Å².